The maximum Gasteiger partial charge on any atom is 0.290 e. The van der Waals surface area contributed by atoms with Crippen LogP contribution in [0.15, 0.2) is 56.1 Å². The number of carbonyl (C=O) groups is 1. The molecule has 2 heterocycles. The average Bonchev–Trinajstić information content (AvgIpc) is 3.04. The number of carbonyl (C=O) groups excluding carboxylic acids is 1. The van der Waals surface area contributed by atoms with Gasteiger partial charge in [-0.25, -0.2) is 0 Å². The molecule has 1 atom stereocenters. The Bertz CT molecular complexity index is 1170. The molecular weight excluding hydrogens is 462 g/mol. The van der Waals surface area contributed by atoms with Gasteiger partial charge in [0.25, 0.3) is 5.91 Å². The lowest BCUT2D eigenvalue weighted by atomic mass is 9.98. The first kappa shape index (κ1) is 21.6. The fraction of sp³-hybridized carbons (Fsp3) is 0.333. The molecule has 0 N–H and O–H groups in total. The molecule has 0 radical (unpaired) electrons. The van der Waals surface area contributed by atoms with Gasteiger partial charge in [-0.3, -0.25) is 9.59 Å². The summed E-state index contributed by atoms with van der Waals surface area (Å²) < 4.78 is 17.6. The molecule has 1 unspecified atom stereocenters. The molecule has 6 nitrogen and oxygen atoms in total. The Morgan fingerprint density at radius 3 is 2.55 bits per heavy atom. The summed E-state index contributed by atoms with van der Waals surface area (Å²) in [6, 6.07) is 12.1. The third-order valence-corrected chi connectivity index (χ3v) is 5.85. The molecule has 0 spiro atoms. The molecule has 1 aliphatic heterocycles. The van der Waals surface area contributed by atoms with Crippen LogP contribution in [0.4, 0.5) is 0 Å². The van der Waals surface area contributed by atoms with Crippen molar-refractivity contribution in [2.45, 2.75) is 32.4 Å². The van der Waals surface area contributed by atoms with E-state index in [-0.39, 0.29) is 23.2 Å². The van der Waals surface area contributed by atoms with Crippen LogP contribution in [-0.2, 0) is 4.74 Å². The van der Waals surface area contributed by atoms with Crippen LogP contribution in [0.5, 0.6) is 5.75 Å². The lowest BCUT2D eigenvalue weighted by Gasteiger charge is -2.25. The number of ether oxygens (including phenoxy) is 2. The smallest absolute Gasteiger partial charge is 0.290 e. The largest absolute Gasteiger partial charge is 0.497 e. The predicted molar refractivity (Wildman–Crippen MR) is 122 cm³/mol. The molecule has 0 fully saturated rings. The first-order valence-electron chi connectivity index (χ1n) is 10.2. The molecule has 3 aromatic rings. The summed E-state index contributed by atoms with van der Waals surface area (Å²) in [5.41, 5.74) is 1.43. The van der Waals surface area contributed by atoms with Gasteiger partial charge in [0.15, 0.2) is 5.43 Å². The highest BCUT2D eigenvalue weighted by molar-refractivity contribution is 9.10. The highest BCUT2D eigenvalue weighted by Crippen LogP contribution is 2.38. The minimum atomic E-state index is -0.521. The van der Waals surface area contributed by atoms with Crippen LogP contribution in [0.3, 0.4) is 0 Å². The maximum absolute atomic E-state index is 13.5. The molecule has 162 valence electrons. The number of nitrogens with zero attached hydrogens (tertiary/aromatic N) is 1. The molecule has 1 aromatic heterocycles. The maximum atomic E-state index is 13.5. The molecule has 0 bridgehead atoms. The van der Waals surface area contributed by atoms with Gasteiger partial charge in [-0.15, -0.1) is 0 Å². The molecule has 7 heteroatoms. The molecule has 4 rings (SSSR count). The van der Waals surface area contributed by atoms with Gasteiger partial charge < -0.3 is 18.8 Å². The normalized spacial score (nSPS) is 15.7. The topological polar surface area (TPSA) is 69.0 Å². The molecule has 0 saturated heterocycles. The van der Waals surface area contributed by atoms with Crippen LogP contribution >= 0.6 is 15.9 Å². The second-order valence-corrected chi connectivity index (χ2v) is 8.68. The third-order valence-electron chi connectivity index (χ3n) is 5.35. The second kappa shape index (κ2) is 8.85. The predicted octanol–water partition coefficient (Wildman–Crippen LogP) is 4.92. The van der Waals surface area contributed by atoms with Crippen molar-refractivity contribution in [3.05, 3.63) is 74.0 Å². The van der Waals surface area contributed by atoms with E-state index in [9.17, 15) is 9.59 Å². The van der Waals surface area contributed by atoms with Crippen molar-refractivity contribution in [3.8, 4) is 5.75 Å². The third kappa shape index (κ3) is 4.12. The summed E-state index contributed by atoms with van der Waals surface area (Å²) >= 11 is 3.41. The molecule has 1 aliphatic rings. The standard InChI is InChI=1S/C24H24BrNO5/c1-14(2)30-12-4-11-26-21(15-5-8-17(29-3)9-6-15)20-22(27)18-13-16(25)7-10-19(18)31-23(20)24(26)28/h5-10,13-14,21H,4,11-12H2,1-3H3. The number of hydrogen-bond donors (Lipinski definition) is 0. The Hall–Kier alpha value is -2.64. The van der Waals surface area contributed by atoms with E-state index in [2.05, 4.69) is 15.9 Å². The number of benzene rings is 2. The first-order valence-corrected chi connectivity index (χ1v) is 11.0. The van der Waals surface area contributed by atoms with Crippen molar-refractivity contribution in [2.24, 2.45) is 0 Å². The Morgan fingerprint density at radius 1 is 1.13 bits per heavy atom. The summed E-state index contributed by atoms with van der Waals surface area (Å²) in [6.07, 6.45) is 0.778. The molecule has 2 aromatic carbocycles. The first-order chi connectivity index (χ1) is 14.9. The molecule has 0 aliphatic carbocycles. The van der Waals surface area contributed by atoms with Gasteiger partial charge in [0, 0.05) is 17.6 Å². The summed E-state index contributed by atoms with van der Waals surface area (Å²) in [5, 5.41) is 0.449. The summed E-state index contributed by atoms with van der Waals surface area (Å²) in [5.74, 6) is 0.548. The number of hydrogen-bond acceptors (Lipinski definition) is 5. The van der Waals surface area contributed by atoms with Crippen molar-refractivity contribution in [3.63, 3.8) is 0 Å². The molecular formula is C24H24BrNO5. The van der Waals surface area contributed by atoms with Crippen molar-refractivity contribution in [1.82, 2.24) is 4.90 Å². The van der Waals surface area contributed by atoms with Gasteiger partial charge in [0.1, 0.15) is 11.3 Å². The van der Waals surface area contributed by atoms with Crippen LogP contribution in [0.2, 0.25) is 0 Å². The Morgan fingerprint density at radius 2 is 1.87 bits per heavy atom. The van der Waals surface area contributed by atoms with Crippen molar-refractivity contribution >= 4 is 32.8 Å². The fourth-order valence-electron chi connectivity index (χ4n) is 3.91. The molecule has 31 heavy (non-hydrogen) atoms. The van der Waals surface area contributed by atoms with Gasteiger partial charge in [0.05, 0.1) is 30.2 Å². The van der Waals surface area contributed by atoms with E-state index >= 15 is 0 Å². The number of fused-ring (bicyclic) bond motifs is 2. The van der Waals surface area contributed by atoms with Gasteiger partial charge in [-0.05, 0) is 56.2 Å². The lowest BCUT2D eigenvalue weighted by Crippen LogP contribution is -2.31. The zero-order valence-corrected chi connectivity index (χ0v) is 19.3. The minimum absolute atomic E-state index is 0.116. The van der Waals surface area contributed by atoms with E-state index in [1.54, 1.807) is 30.2 Å². The van der Waals surface area contributed by atoms with Crippen molar-refractivity contribution in [2.75, 3.05) is 20.3 Å². The van der Waals surface area contributed by atoms with Gasteiger partial charge in [-0.1, -0.05) is 28.1 Å². The van der Waals surface area contributed by atoms with Crippen LogP contribution in [0, 0.1) is 0 Å². The van der Waals surface area contributed by atoms with Gasteiger partial charge in [-0.2, -0.15) is 0 Å². The van der Waals surface area contributed by atoms with E-state index in [1.807, 2.05) is 38.1 Å². The monoisotopic (exact) mass is 485 g/mol. The van der Waals surface area contributed by atoms with E-state index in [0.29, 0.717) is 41.9 Å². The lowest BCUT2D eigenvalue weighted by molar-refractivity contribution is 0.0593. The highest BCUT2D eigenvalue weighted by atomic mass is 79.9. The van der Waals surface area contributed by atoms with E-state index < -0.39 is 6.04 Å². The van der Waals surface area contributed by atoms with Gasteiger partial charge in [0.2, 0.25) is 5.76 Å². The van der Waals surface area contributed by atoms with Crippen molar-refractivity contribution < 1.29 is 18.7 Å². The fourth-order valence-corrected chi connectivity index (χ4v) is 4.27. The summed E-state index contributed by atoms with van der Waals surface area (Å²) in [6.45, 7) is 4.93. The van der Waals surface area contributed by atoms with Crippen LogP contribution in [0.1, 0.15) is 48.0 Å². The highest BCUT2D eigenvalue weighted by Gasteiger charge is 2.42. The Kier molecular flexibility index (Phi) is 6.16. The van der Waals surface area contributed by atoms with E-state index in [0.717, 1.165) is 10.0 Å². The number of methoxy groups -OCH3 is 1. The second-order valence-electron chi connectivity index (χ2n) is 7.76. The zero-order chi connectivity index (χ0) is 22.1. The Balaban J connectivity index is 1.81. The zero-order valence-electron chi connectivity index (χ0n) is 17.7. The number of amides is 1. The number of halogens is 1. The summed E-state index contributed by atoms with van der Waals surface area (Å²) in [7, 11) is 1.60. The van der Waals surface area contributed by atoms with Crippen LogP contribution in [-0.4, -0.2) is 37.2 Å². The summed E-state index contributed by atoms with van der Waals surface area (Å²) in [4.78, 5) is 28.5. The Labute approximate surface area is 188 Å². The quantitative estimate of drug-likeness (QED) is 0.444. The SMILES string of the molecule is COc1ccc(C2c3c(oc4ccc(Br)cc4c3=O)C(=O)N2CCCOC(C)C)cc1. The number of rotatable bonds is 7. The van der Waals surface area contributed by atoms with E-state index in [4.69, 9.17) is 13.9 Å². The average molecular weight is 486 g/mol. The van der Waals surface area contributed by atoms with Crippen LogP contribution in [0.25, 0.3) is 11.0 Å². The van der Waals surface area contributed by atoms with Crippen molar-refractivity contribution in [1.29, 1.82) is 0 Å². The molecule has 1 amide bonds. The minimum Gasteiger partial charge on any atom is -0.497 e. The van der Waals surface area contributed by atoms with E-state index in [1.165, 1.54) is 0 Å². The van der Waals surface area contributed by atoms with Crippen LogP contribution < -0.4 is 10.2 Å². The molecule has 0 saturated carbocycles. The van der Waals surface area contributed by atoms with Gasteiger partial charge >= 0.3 is 0 Å².